The van der Waals surface area contributed by atoms with Gasteiger partial charge in [0.15, 0.2) is 0 Å². The third-order valence-corrected chi connectivity index (χ3v) is 3.63. The van der Waals surface area contributed by atoms with Gasteiger partial charge in [-0.25, -0.2) is 4.79 Å². The lowest BCUT2D eigenvalue weighted by Crippen LogP contribution is -2.32. The van der Waals surface area contributed by atoms with Gasteiger partial charge < -0.3 is 10.3 Å². The van der Waals surface area contributed by atoms with Gasteiger partial charge in [0.2, 0.25) is 0 Å². The Morgan fingerprint density at radius 1 is 1.43 bits per heavy atom. The van der Waals surface area contributed by atoms with Gasteiger partial charge in [0.1, 0.15) is 5.69 Å². The molecule has 0 aliphatic carbocycles. The molecule has 7 nitrogen and oxygen atoms in total. The minimum absolute atomic E-state index is 0.126. The van der Waals surface area contributed by atoms with Crippen LogP contribution >= 0.6 is 0 Å². The second-order valence-corrected chi connectivity index (χ2v) is 6.62. The Balaban J connectivity index is 2.26. The van der Waals surface area contributed by atoms with Crippen LogP contribution in [0, 0.1) is 0 Å². The number of carbonyl (C=O) groups excluding carboxylic acids is 1. The highest BCUT2D eigenvalue weighted by Crippen LogP contribution is 2.20. The lowest BCUT2D eigenvalue weighted by atomic mass is 9.91. The first-order chi connectivity index (χ1) is 10.7. The van der Waals surface area contributed by atoms with Gasteiger partial charge in [0, 0.05) is 29.9 Å². The maximum absolute atomic E-state index is 12.5. The van der Waals surface area contributed by atoms with Crippen molar-refractivity contribution in [2.45, 2.75) is 45.6 Å². The summed E-state index contributed by atoms with van der Waals surface area (Å²) in [7, 11) is 1.83. The number of aromatic amines is 1. The number of nitrogens with zero attached hydrogens (tertiary/aromatic N) is 3. The second kappa shape index (κ2) is 6.36. The molecule has 0 radical (unpaired) electrons. The molecule has 0 saturated heterocycles. The highest BCUT2D eigenvalue weighted by atomic mass is 16.2. The highest BCUT2D eigenvalue weighted by Gasteiger charge is 2.21. The molecule has 0 spiro atoms. The van der Waals surface area contributed by atoms with E-state index in [0.29, 0.717) is 12.1 Å². The van der Waals surface area contributed by atoms with Crippen molar-refractivity contribution in [3.05, 3.63) is 45.9 Å². The average Bonchev–Trinajstić information content (AvgIpc) is 2.89. The first-order valence-electron chi connectivity index (χ1n) is 7.62. The second-order valence-electron chi connectivity index (χ2n) is 6.62. The molecule has 1 atom stereocenters. The summed E-state index contributed by atoms with van der Waals surface area (Å²) in [4.78, 5) is 30.7. The van der Waals surface area contributed by atoms with Crippen LogP contribution in [0.4, 0.5) is 0 Å². The van der Waals surface area contributed by atoms with Crippen LogP contribution in [0.1, 0.15) is 61.9 Å². The zero-order chi connectivity index (χ0) is 17.2. The summed E-state index contributed by atoms with van der Waals surface area (Å²) in [5, 5.41) is 7.03. The minimum atomic E-state index is -0.517. The van der Waals surface area contributed by atoms with Crippen molar-refractivity contribution >= 4 is 5.91 Å². The summed E-state index contributed by atoms with van der Waals surface area (Å²) >= 11 is 0. The molecule has 2 aromatic rings. The van der Waals surface area contributed by atoms with Crippen LogP contribution in [0.2, 0.25) is 0 Å². The fourth-order valence-electron chi connectivity index (χ4n) is 2.25. The molecule has 0 saturated carbocycles. The summed E-state index contributed by atoms with van der Waals surface area (Å²) in [6, 6.07) is 1.46. The van der Waals surface area contributed by atoms with Crippen molar-refractivity contribution in [3.8, 4) is 0 Å². The van der Waals surface area contributed by atoms with E-state index in [-0.39, 0.29) is 23.1 Å². The van der Waals surface area contributed by atoms with E-state index >= 15 is 0 Å². The number of hydrogen-bond donors (Lipinski definition) is 2. The van der Waals surface area contributed by atoms with Gasteiger partial charge in [-0.15, -0.1) is 0 Å². The normalized spacial score (nSPS) is 12.9. The lowest BCUT2D eigenvalue weighted by molar-refractivity contribution is 0.0929. The molecule has 0 aliphatic rings. The fraction of sp³-hybridized carbons (Fsp3) is 0.500. The quantitative estimate of drug-likeness (QED) is 0.897. The summed E-state index contributed by atoms with van der Waals surface area (Å²) in [5.74, 6) is -0.364. The maximum atomic E-state index is 12.5. The monoisotopic (exact) mass is 317 g/mol. The van der Waals surface area contributed by atoms with Gasteiger partial charge in [0.05, 0.1) is 12.2 Å². The lowest BCUT2D eigenvalue weighted by Gasteiger charge is -2.19. The van der Waals surface area contributed by atoms with Crippen LogP contribution in [0.3, 0.4) is 0 Å². The van der Waals surface area contributed by atoms with E-state index in [9.17, 15) is 9.59 Å². The number of nitrogens with one attached hydrogen (secondary N) is 2. The molecule has 1 unspecified atom stereocenters. The number of amides is 1. The first kappa shape index (κ1) is 16.9. The molecule has 2 N–H and O–H groups in total. The Morgan fingerprint density at radius 3 is 2.65 bits per heavy atom. The minimum Gasteiger partial charge on any atom is -0.344 e. The van der Waals surface area contributed by atoms with Crippen LogP contribution in [0.15, 0.2) is 23.3 Å². The Bertz CT molecular complexity index is 754. The van der Waals surface area contributed by atoms with Gasteiger partial charge in [0.25, 0.3) is 5.91 Å². The molecule has 2 aromatic heterocycles. The molecule has 2 rings (SSSR count). The van der Waals surface area contributed by atoms with Crippen LogP contribution in [-0.2, 0) is 12.5 Å². The van der Waals surface area contributed by atoms with Crippen molar-refractivity contribution in [2.75, 3.05) is 0 Å². The zero-order valence-electron chi connectivity index (χ0n) is 14.2. The fourth-order valence-corrected chi connectivity index (χ4v) is 2.25. The number of rotatable bonds is 4. The van der Waals surface area contributed by atoms with Crippen molar-refractivity contribution in [1.29, 1.82) is 0 Å². The Kier molecular flexibility index (Phi) is 4.68. The summed E-state index contributed by atoms with van der Waals surface area (Å²) in [6.45, 7) is 7.86. The third-order valence-electron chi connectivity index (χ3n) is 3.63. The Morgan fingerprint density at radius 2 is 2.13 bits per heavy atom. The van der Waals surface area contributed by atoms with Crippen LogP contribution in [-0.4, -0.2) is 25.7 Å². The van der Waals surface area contributed by atoms with E-state index in [1.54, 1.807) is 16.9 Å². The molecule has 0 aliphatic heterocycles. The molecule has 2 heterocycles. The molecule has 7 heteroatoms. The van der Waals surface area contributed by atoms with Crippen LogP contribution in [0.5, 0.6) is 0 Å². The molecule has 0 fully saturated rings. The van der Waals surface area contributed by atoms with E-state index < -0.39 is 5.69 Å². The standard InChI is InChI=1S/C16H23N5O2/c1-6-11(10-8-17-21(5)9-10)18-14(22)12-7-13(16(2,3)4)20-15(23)19-12/h7-9,11H,6H2,1-5H3,(H,18,22)(H,19,20,23). The van der Waals surface area contributed by atoms with Gasteiger partial charge >= 0.3 is 5.69 Å². The van der Waals surface area contributed by atoms with E-state index in [2.05, 4.69) is 20.4 Å². The van der Waals surface area contributed by atoms with Crippen molar-refractivity contribution in [2.24, 2.45) is 7.05 Å². The van der Waals surface area contributed by atoms with Gasteiger partial charge in [-0.05, 0) is 12.5 Å². The van der Waals surface area contributed by atoms with Gasteiger partial charge in [-0.2, -0.15) is 10.1 Å². The molecule has 124 valence electrons. The number of H-pyrrole nitrogens is 1. The number of aryl methyl sites for hydroxylation is 1. The molecule has 0 aromatic carbocycles. The van der Waals surface area contributed by atoms with E-state index in [1.165, 1.54) is 0 Å². The predicted octanol–water partition coefficient (Wildman–Crippen LogP) is 1.68. The topological polar surface area (TPSA) is 92.7 Å². The zero-order valence-corrected chi connectivity index (χ0v) is 14.2. The van der Waals surface area contributed by atoms with Crippen molar-refractivity contribution < 1.29 is 4.79 Å². The van der Waals surface area contributed by atoms with Crippen molar-refractivity contribution in [3.63, 3.8) is 0 Å². The van der Waals surface area contributed by atoms with E-state index in [1.807, 2.05) is 40.9 Å². The molecular formula is C16H23N5O2. The third kappa shape index (κ3) is 4.06. The predicted molar refractivity (Wildman–Crippen MR) is 87.3 cm³/mol. The first-order valence-corrected chi connectivity index (χ1v) is 7.62. The van der Waals surface area contributed by atoms with E-state index in [4.69, 9.17) is 0 Å². The average molecular weight is 317 g/mol. The molecule has 0 bridgehead atoms. The SMILES string of the molecule is CCC(NC(=O)c1cc(C(C)(C)C)[nH]c(=O)n1)c1cnn(C)c1. The maximum Gasteiger partial charge on any atom is 0.345 e. The van der Waals surface area contributed by atoms with Gasteiger partial charge in [-0.1, -0.05) is 27.7 Å². The summed E-state index contributed by atoms with van der Waals surface area (Å²) in [6.07, 6.45) is 4.30. The Labute approximate surface area is 135 Å². The number of hydrogen-bond acceptors (Lipinski definition) is 4. The molecular weight excluding hydrogens is 294 g/mol. The molecule has 1 amide bonds. The number of aromatic nitrogens is 4. The Hall–Kier alpha value is -2.44. The van der Waals surface area contributed by atoms with E-state index in [0.717, 1.165) is 5.56 Å². The summed E-state index contributed by atoms with van der Waals surface area (Å²) in [5.41, 5.74) is 0.935. The van der Waals surface area contributed by atoms with Crippen LogP contribution < -0.4 is 11.0 Å². The van der Waals surface area contributed by atoms with Crippen molar-refractivity contribution in [1.82, 2.24) is 25.1 Å². The smallest absolute Gasteiger partial charge is 0.344 e. The number of carbonyl (C=O) groups is 1. The van der Waals surface area contributed by atoms with Gasteiger partial charge in [-0.3, -0.25) is 9.48 Å². The highest BCUT2D eigenvalue weighted by molar-refractivity contribution is 5.92. The summed E-state index contributed by atoms with van der Waals surface area (Å²) < 4.78 is 1.69. The largest absolute Gasteiger partial charge is 0.345 e. The van der Waals surface area contributed by atoms with Crippen LogP contribution in [0.25, 0.3) is 0 Å². The molecule has 23 heavy (non-hydrogen) atoms.